The fourth-order valence-electron chi connectivity index (χ4n) is 1.63. The average molecular weight is 255 g/mol. The number of hydrogen-bond donors (Lipinski definition) is 1. The van der Waals surface area contributed by atoms with Crippen molar-refractivity contribution in [3.8, 4) is 0 Å². The van der Waals surface area contributed by atoms with Crippen molar-refractivity contribution in [2.24, 2.45) is 0 Å². The summed E-state index contributed by atoms with van der Waals surface area (Å²) in [5.41, 5.74) is 0.597. The number of carboxylic acid groups (broad SMARTS) is 1. The van der Waals surface area contributed by atoms with Gasteiger partial charge in [0.2, 0.25) is 10.0 Å². The van der Waals surface area contributed by atoms with Crippen molar-refractivity contribution in [1.29, 1.82) is 0 Å². The van der Waals surface area contributed by atoms with Crippen molar-refractivity contribution in [3.63, 3.8) is 0 Å². The molecule has 0 saturated carbocycles. The molecule has 0 bridgehead atoms. The van der Waals surface area contributed by atoms with E-state index in [0.717, 1.165) is 6.42 Å². The highest BCUT2D eigenvalue weighted by molar-refractivity contribution is 7.89. The lowest BCUT2D eigenvalue weighted by molar-refractivity contribution is -0.136. The Balaban J connectivity index is 2.20. The molecule has 1 saturated heterocycles. The van der Waals surface area contributed by atoms with Crippen LogP contribution < -0.4 is 0 Å². The van der Waals surface area contributed by atoms with Crippen LogP contribution in [0.5, 0.6) is 0 Å². The molecule has 2 rings (SSSR count). The third-order valence-corrected chi connectivity index (χ3v) is 4.64. The molecule has 0 aromatic heterocycles. The Morgan fingerprint density at radius 2 is 1.82 bits per heavy atom. The first kappa shape index (κ1) is 12.1. The van der Waals surface area contributed by atoms with Crippen molar-refractivity contribution in [1.82, 2.24) is 4.31 Å². The fourth-order valence-corrected chi connectivity index (χ4v) is 3.15. The molecule has 1 aromatic carbocycles. The minimum absolute atomic E-state index is 0.0932. The number of carboxylic acids is 1. The monoisotopic (exact) mass is 255 g/mol. The molecule has 17 heavy (non-hydrogen) atoms. The van der Waals surface area contributed by atoms with Gasteiger partial charge in [-0.3, -0.25) is 4.79 Å². The van der Waals surface area contributed by atoms with Crippen LogP contribution in [0.15, 0.2) is 29.2 Å². The van der Waals surface area contributed by atoms with Crippen LogP contribution in [0, 0.1) is 0 Å². The molecule has 0 amide bonds. The fraction of sp³-hybridized carbons (Fsp3) is 0.364. The number of carbonyl (C=O) groups is 1. The first-order valence-electron chi connectivity index (χ1n) is 5.31. The van der Waals surface area contributed by atoms with Gasteiger partial charge in [-0.25, -0.2) is 8.42 Å². The summed E-state index contributed by atoms with van der Waals surface area (Å²) < 4.78 is 25.3. The van der Waals surface area contributed by atoms with E-state index in [9.17, 15) is 13.2 Å². The Hall–Kier alpha value is -1.40. The summed E-state index contributed by atoms with van der Waals surface area (Å²) in [6, 6.07) is 6.01. The van der Waals surface area contributed by atoms with Gasteiger partial charge in [-0.2, -0.15) is 4.31 Å². The summed E-state index contributed by atoms with van der Waals surface area (Å²) in [7, 11) is -3.36. The molecule has 0 radical (unpaired) electrons. The Kier molecular flexibility index (Phi) is 3.17. The number of sulfonamides is 1. The van der Waals surface area contributed by atoms with Crippen molar-refractivity contribution in [2.75, 3.05) is 13.1 Å². The van der Waals surface area contributed by atoms with E-state index in [2.05, 4.69) is 0 Å². The lowest BCUT2D eigenvalue weighted by atomic mass is 10.2. The third-order valence-electron chi connectivity index (χ3n) is 2.73. The van der Waals surface area contributed by atoms with Crippen LogP contribution in [-0.2, 0) is 21.2 Å². The smallest absolute Gasteiger partial charge is 0.307 e. The van der Waals surface area contributed by atoms with Gasteiger partial charge in [0.15, 0.2) is 0 Å². The van der Waals surface area contributed by atoms with Crippen LogP contribution in [0.1, 0.15) is 12.0 Å². The minimum Gasteiger partial charge on any atom is -0.481 e. The normalized spacial score (nSPS) is 16.5. The first-order chi connectivity index (χ1) is 8.00. The quantitative estimate of drug-likeness (QED) is 0.859. The molecule has 0 spiro atoms. The summed E-state index contributed by atoms with van der Waals surface area (Å²) in [6.07, 6.45) is 0.806. The lowest BCUT2D eigenvalue weighted by Gasteiger charge is -2.29. The highest BCUT2D eigenvalue weighted by Gasteiger charge is 2.28. The third kappa shape index (κ3) is 2.48. The Bertz CT molecular complexity index is 517. The van der Waals surface area contributed by atoms with Crippen molar-refractivity contribution >= 4 is 16.0 Å². The average Bonchev–Trinajstić information content (AvgIpc) is 2.13. The van der Waals surface area contributed by atoms with E-state index >= 15 is 0 Å². The number of hydrogen-bond acceptors (Lipinski definition) is 3. The second kappa shape index (κ2) is 4.46. The van der Waals surface area contributed by atoms with Gasteiger partial charge in [0, 0.05) is 13.1 Å². The van der Waals surface area contributed by atoms with Gasteiger partial charge in [0.1, 0.15) is 0 Å². The number of rotatable bonds is 4. The zero-order valence-electron chi connectivity index (χ0n) is 9.17. The molecule has 1 aromatic rings. The predicted octanol–water partition coefficient (Wildman–Crippen LogP) is 0.708. The maximum absolute atomic E-state index is 12.0. The Labute approximate surface area is 99.7 Å². The summed E-state index contributed by atoms with van der Waals surface area (Å²) in [4.78, 5) is 10.7. The second-order valence-electron chi connectivity index (χ2n) is 3.97. The van der Waals surface area contributed by atoms with Gasteiger partial charge in [-0.05, 0) is 24.1 Å². The molecular formula is C11H13NO4S. The Morgan fingerprint density at radius 3 is 2.24 bits per heavy atom. The lowest BCUT2D eigenvalue weighted by Crippen LogP contribution is -2.41. The van der Waals surface area contributed by atoms with Crippen LogP contribution in [-0.4, -0.2) is 36.9 Å². The molecule has 1 fully saturated rings. The van der Waals surface area contributed by atoms with E-state index in [1.807, 2.05) is 0 Å². The zero-order chi connectivity index (χ0) is 12.5. The summed E-state index contributed by atoms with van der Waals surface area (Å²) in [5.74, 6) is -0.927. The molecule has 5 nitrogen and oxygen atoms in total. The maximum atomic E-state index is 12.0. The molecule has 1 heterocycles. The van der Waals surface area contributed by atoms with Crippen molar-refractivity contribution < 1.29 is 18.3 Å². The van der Waals surface area contributed by atoms with Crippen LogP contribution >= 0.6 is 0 Å². The number of aliphatic carboxylic acids is 1. The molecular weight excluding hydrogens is 242 g/mol. The number of nitrogens with zero attached hydrogens (tertiary/aromatic N) is 1. The van der Waals surface area contributed by atoms with Gasteiger partial charge >= 0.3 is 5.97 Å². The van der Waals surface area contributed by atoms with E-state index in [1.165, 1.54) is 16.4 Å². The first-order valence-corrected chi connectivity index (χ1v) is 6.75. The zero-order valence-corrected chi connectivity index (χ0v) is 9.98. The molecule has 1 aliphatic heterocycles. The van der Waals surface area contributed by atoms with E-state index < -0.39 is 16.0 Å². The molecule has 1 aliphatic rings. The molecule has 0 unspecified atom stereocenters. The van der Waals surface area contributed by atoms with Crippen molar-refractivity contribution in [2.45, 2.75) is 17.7 Å². The van der Waals surface area contributed by atoms with Gasteiger partial charge in [0.25, 0.3) is 0 Å². The standard InChI is InChI=1S/C11H13NO4S/c13-11(14)8-9-2-4-10(5-3-9)17(15,16)12-6-1-7-12/h2-5H,1,6-8H2,(H,13,14). The van der Waals surface area contributed by atoms with Crippen LogP contribution in [0.25, 0.3) is 0 Å². The molecule has 0 atom stereocenters. The summed E-state index contributed by atoms with van der Waals surface area (Å²) >= 11 is 0. The maximum Gasteiger partial charge on any atom is 0.307 e. The number of benzene rings is 1. The van der Waals surface area contributed by atoms with Crippen LogP contribution in [0.4, 0.5) is 0 Å². The van der Waals surface area contributed by atoms with E-state index in [-0.39, 0.29) is 11.3 Å². The summed E-state index contributed by atoms with van der Waals surface area (Å²) in [6.45, 7) is 1.14. The topological polar surface area (TPSA) is 74.7 Å². The SMILES string of the molecule is O=C(O)Cc1ccc(S(=O)(=O)N2CCC2)cc1. The predicted molar refractivity (Wildman–Crippen MR) is 61.2 cm³/mol. The van der Waals surface area contributed by atoms with Gasteiger partial charge in [-0.15, -0.1) is 0 Å². The van der Waals surface area contributed by atoms with E-state index in [1.54, 1.807) is 12.1 Å². The van der Waals surface area contributed by atoms with Gasteiger partial charge in [-0.1, -0.05) is 12.1 Å². The highest BCUT2D eigenvalue weighted by atomic mass is 32.2. The molecule has 0 aliphatic carbocycles. The van der Waals surface area contributed by atoms with Gasteiger partial charge < -0.3 is 5.11 Å². The molecule has 6 heteroatoms. The van der Waals surface area contributed by atoms with Crippen LogP contribution in [0.2, 0.25) is 0 Å². The Morgan fingerprint density at radius 1 is 1.24 bits per heavy atom. The van der Waals surface area contributed by atoms with Gasteiger partial charge in [0.05, 0.1) is 11.3 Å². The second-order valence-corrected chi connectivity index (χ2v) is 5.91. The molecule has 1 N–H and O–H groups in total. The summed E-state index contributed by atoms with van der Waals surface area (Å²) in [5, 5.41) is 8.61. The van der Waals surface area contributed by atoms with E-state index in [4.69, 9.17) is 5.11 Å². The largest absolute Gasteiger partial charge is 0.481 e. The van der Waals surface area contributed by atoms with Crippen molar-refractivity contribution in [3.05, 3.63) is 29.8 Å². The highest BCUT2D eigenvalue weighted by Crippen LogP contribution is 2.21. The minimum atomic E-state index is -3.36. The van der Waals surface area contributed by atoms with Crippen LogP contribution in [0.3, 0.4) is 0 Å². The molecule has 92 valence electrons. The van der Waals surface area contributed by atoms with E-state index in [0.29, 0.717) is 18.7 Å².